The summed E-state index contributed by atoms with van der Waals surface area (Å²) >= 11 is 0.942. The number of carbonyl (C=O) groups is 1. The highest BCUT2D eigenvalue weighted by atomic mass is 32.2. The van der Waals surface area contributed by atoms with E-state index in [-0.39, 0.29) is 15.0 Å². The maximum Gasteiger partial charge on any atom is 0.266 e. The maximum absolute atomic E-state index is 12.6. The Labute approximate surface area is 150 Å². The average molecular weight is 372 g/mol. The third kappa shape index (κ3) is 3.78. The number of anilines is 1. The molecule has 0 saturated carbocycles. The molecule has 25 heavy (non-hydrogen) atoms. The zero-order valence-corrected chi connectivity index (χ0v) is 15.3. The first-order valence-electron chi connectivity index (χ1n) is 7.52. The molecule has 0 aliphatic carbocycles. The number of hydrogen-bond acceptors (Lipinski definition) is 5. The van der Waals surface area contributed by atoms with Crippen molar-refractivity contribution in [2.45, 2.75) is 23.0 Å². The summed E-state index contributed by atoms with van der Waals surface area (Å²) in [5, 5.41) is 2.66. The average Bonchev–Trinajstić information content (AvgIpc) is 3.08. The third-order valence-electron chi connectivity index (χ3n) is 3.55. The van der Waals surface area contributed by atoms with Crippen LogP contribution in [0.3, 0.4) is 0 Å². The van der Waals surface area contributed by atoms with E-state index in [9.17, 15) is 13.2 Å². The van der Waals surface area contributed by atoms with Crippen molar-refractivity contribution < 1.29 is 13.2 Å². The van der Waals surface area contributed by atoms with Gasteiger partial charge < -0.3 is 5.32 Å². The fourth-order valence-electron chi connectivity index (χ4n) is 2.14. The molecule has 3 aromatic rings. The molecule has 1 aromatic carbocycles. The smallest absolute Gasteiger partial charge is 0.266 e. The van der Waals surface area contributed by atoms with E-state index < -0.39 is 9.84 Å². The lowest BCUT2D eigenvalue weighted by atomic mass is 10.2. The number of hydrogen-bond donors (Lipinski definition) is 1. The van der Waals surface area contributed by atoms with Gasteiger partial charge in [-0.3, -0.25) is 4.79 Å². The molecule has 0 saturated heterocycles. The quantitative estimate of drug-likeness (QED) is 0.755. The lowest BCUT2D eigenvalue weighted by Crippen LogP contribution is -2.11. The Balaban J connectivity index is 1.82. The van der Waals surface area contributed by atoms with Gasteiger partial charge in [0.2, 0.25) is 9.84 Å². The Kier molecular flexibility index (Phi) is 4.69. The highest BCUT2D eigenvalue weighted by molar-refractivity contribution is 7.93. The van der Waals surface area contributed by atoms with E-state index in [2.05, 4.69) is 10.3 Å². The van der Waals surface area contributed by atoms with Crippen molar-refractivity contribution in [3.63, 3.8) is 0 Å². The first-order chi connectivity index (χ1) is 11.9. The summed E-state index contributed by atoms with van der Waals surface area (Å²) in [5.74, 6) is 0.0404. The number of amides is 1. The first-order valence-corrected chi connectivity index (χ1v) is 9.82. The first kappa shape index (κ1) is 17.3. The minimum Gasteiger partial charge on any atom is -0.306 e. The van der Waals surface area contributed by atoms with Crippen molar-refractivity contribution in [1.82, 2.24) is 4.98 Å². The second-order valence-electron chi connectivity index (χ2n) is 5.61. The Hall–Kier alpha value is -2.51. The molecule has 0 atom stereocenters. The predicted octanol–water partition coefficient (Wildman–Crippen LogP) is 3.85. The Morgan fingerprint density at radius 2 is 1.64 bits per heavy atom. The molecule has 0 spiro atoms. The summed E-state index contributed by atoms with van der Waals surface area (Å²) in [7, 11) is -3.62. The predicted molar refractivity (Wildman–Crippen MR) is 97.9 cm³/mol. The number of aromatic nitrogens is 1. The van der Waals surface area contributed by atoms with Gasteiger partial charge in [-0.15, -0.1) is 11.3 Å². The Bertz CT molecular complexity index is 1010. The van der Waals surface area contributed by atoms with Gasteiger partial charge in [0.15, 0.2) is 0 Å². The molecule has 2 heterocycles. The second-order valence-corrected chi connectivity index (χ2v) is 8.87. The van der Waals surface area contributed by atoms with Gasteiger partial charge in [0.1, 0.15) is 10.0 Å². The Morgan fingerprint density at radius 3 is 2.28 bits per heavy atom. The summed E-state index contributed by atoms with van der Waals surface area (Å²) in [4.78, 5) is 16.9. The molecular formula is C18H16N2O3S2. The van der Waals surface area contributed by atoms with Crippen LogP contribution >= 0.6 is 11.3 Å². The van der Waals surface area contributed by atoms with Crippen molar-refractivity contribution in [3.05, 3.63) is 70.7 Å². The number of nitrogens with one attached hydrogen (secondary N) is 1. The van der Waals surface area contributed by atoms with E-state index in [4.69, 9.17) is 0 Å². The van der Waals surface area contributed by atoms with Crippen molar-refractivity contribution in [1.29, 1.82) is 0 Å². The molecule has 5 nitrogen and oxygen atoms in total. The van der Waals surface area contributed by atoms with Crippen LogP contribution in [0.25, 0.3) is 0 Å². The van der Waals surface area contributed by atoms with Gasteiger partial charge in [-0.2, -0.15) is 0 Å². The minimum absolute atomic E-state index is 0.137. The Morgan fingerprint density at radius 1 is 0.960 bits per heavy atom. The van der Waals surface area contributed by atoms with Crippen LogP contribution in [0.5, 0.6) is 0 Å². The number of thiophene rings is 1. The van der Waals surface area contributed by atoms with Crippen LogP contribution in [0.2, 0.25) is 0 Å². The molecule has 0 bridgehead atoms. The number of benzene rings is 1. The van der Waals surface area contributed by atoms with Crippen molar-refractivity contribution >= 4 is 32.9 Å². The molecule has 128 valence electrons. The van der Waals surface area contributed by atoms with Gasteiger partial charge in [-0.1, -0.05) is 23.8 Å². The monoisotopic (exact) mass is 372 g/mol. The minimum atomic E-state index is -3.62. The van der Waals surface area contributed by atoms with Crippen LogP contribution in [0, 0.1) is 13.8 Å². The molecule has 0 aliphatic heterocycles. The number of sulfone groups is 1. The van der Waals surface area contributed by atoms with Gasteiger partial charge >= 0.3 is 0 Å². The third-order valence-corrected chi connectivity index (χ3v) is 6.90. The summed E-state index contributed by atoms with van der Waals surface area (Å²) in [5.41, 5.74) is 1.97. The fourth-order valence-corrected chi connectivity index (χ4v) is 4.74. The summed E-state index contributed by atoms with van der Waals surface area (Å²) in [6.45, 7) is 3.79. The standard InChI is InChI=1S/C18H16N2O3S2/c1-12-3-6-14(7-4-12)25(22,23)17-10-8-15(24-17)18(21)20-16-9-5-13(2)11-19-16/h3-11H,1-2H3,(H,19,20,21). The highest BCUT2D eigenvalue weighted by Crippen LogP contribution is 2.28. The zero-order valence-electron chi connectivity index (χ0n) is 13.7. The van der Waals surface area contributed by atoms with Crippen molar-refractivity contribution in [3.8, 4) is 0 Å². The normalized spacial score (nSPS) is 11.3. The topological polar surface area (TPSA) is 76.1 Å². The van der Waals surface area contributed by atoms with E-state index in [1.54, 1.807) is 36.5 Å². The fraction of sp³-hybridized carbons (Fsp3) is 0.111. The molecular weight excluding hydrogens is 356 g/mol. The van der Waals surface area contributed by atoms with E-state index >= 15 is 0 Å². The molecule has 3 rings (SSSR count). The van der Waals surface area contributed by atoms with E-state index in [1.807, 2.05) is 19.9 Å². The molecule has 0 aliphatic rings. The van der Waals surface area contributed by atoms with Crippen LogP contribution < -0.4 is 5.32 Å². The highest BCUT2D eigenvalue weighted by Gasteiger charge is 2.21. The molecule has 0 fully saturated rings. The van der Waals surface area contributed by atoms with Crippen LogP contribution in [0.4, 0.5) is 5.82 Å². The van der Waals surface area contributed by atoms with E-state index in [0.717, 1.165) is 22.5 Å². The number of rotatable bonds is 4. The van der Waals surface area contributed by atoms with Crippen LogP contribution in [0.15, 0.2) is 63.8 Å². The number of nitrogens with zero attached hydrogens (tertiary/aromatic N) is 1. The molecule has 0 unspecified atom stereocenters. The summed E-state index contributed by atoms with van der Waals surface area (Å²) < 4.78 is 25.4. The molecule has 0 radical (unpaired) electrons. The number of pyridine rings is 1. The maximum atomic E-state index is 12.6. The van der Waals surface area contributed by atoms with Gasteiger partial charge in [0, 0.05) is 6.20 Å². The van der Waals surface area contributed by atoms with Crippen LogP contribution in [-0.4, -0.2) is 19.3 Å². The van der Waals surface area contributed by atoms with Gasteiger partial charge in [0.05, 0.1) is 9.77 Å². The number of aryl methyl sites for hydroxylation is 2. The SMILES string of the molecule is Cc1ccc(S(=O)(=O)c2ccc(C(=O)Nc3ccc(C)cn3)s2)cc1. The lowest BCUT2D eigenvalue weighted by Gasteiger charge is -2.03. The lowest BCUT2D eigenvalue weighted by molar-refractivity contribution is 0.103. The van der Waals surface area contributed by atoms with Crippen molar-refractivity contribution in [2.24, 2.45) is 0 Å². The molecule has 2 aromatic heterocycles. The van der Waals surface area contributed by atoms with Crippen molar-refractivity contribution in [2.75, 3.05) is 5.32 Å². The molecule has 1 amide bonds. The molecule has 7 heteroatoms. The number of carbonyl (C=O) groups excluding carboxylic acids is 1. The van der Waals surface area contributed by atoms with Gasteiger partial charge in [-0.25, -0.2) is 13.4 Å². The summed E-state index contributed by atoms with van der Waals surface area (Å²) in [6.07, 6.45) is 1.65. The van der Waals surface area contributed by atoms with Gasteiger partial charge in [-0.05, 0) is 49.7 Å². The largest absolute Gasteiger partial charge is 0.306 e. The van der Waals surface area contributed by atoms with Crippen LogP contribution in [-0.2, 0) is 9.84 Å². The van der Waals surface area contributed by atoms with Gasteiger partial charge in [0.25, 0.3) is 5.91 Å². The molecule has 1 N–H and O–H groups in total. The van der Waals surface area contributed by atoms with E-state index in [0.29, 0.717) is 10.7 Å². The second kappa shape index (κ2) is 6.78. The van der Waals surface area contributed by atoms with Crippen LogP contribution in [0.1, 0.15) is 20.8 Å². The van der Waals surface area contributed by atoms with E-state index in [1.165, 1.54) is 12.1 Å². The zero-order chi connectivity index (χ0) is 18.0. The summed E-state index contributed by atoms with van der Waals surface area (Å²) in [6, 6.07) is 13.1.